The van der Waals surface area contributed by atoms with Gasteiger partial charge in [-0.3, -0.25) is 4.79 Å². The number of imidazole rings is 1. The molecule has 7 heteroatoms. The van der Waals surface area contributed by atoms with Gasteiger partial charge in [0, 0.05) is 12.1 Å². The second kappa shape index (κ2) is 5.99. The van der Waals surface area contributed by atoms with E-state index in [4.69, 9.17) is 0 Å². The van der Waals surface area contributed by atoms with Crippen LogP contribution < -0.4 is 5.32 Å². The van der Waals surface area contributed by atoms with Crippen LogP contribution in [0.1, 0.15) is 27.3 Å². The number of hydrogen-bond acceptors (Lipinski definition) is 2. The van der Waals surface area contributed by atoms with Crippen LogP contribution in [0.3, 0.4) is 0 Å². The van der Waals surface area contributed by atoms with E-state index in [2.05, 4.69) is 15.3 Å². The average molecular weight is 333 g/mol. The van der Waals surface area contributed by atoms with Gasteiger partial charge in [0.2, 0.25) is 0 Å². The van der Waals surface area contributed by atoms with E-state index >= 15 is 0 Å². The van der Waals surface area contributed by atoms with Gasteiger partial charge in [0.25, 0.3) is 5.91 Å². The molecule has 0 atom stereocenters. The number of H-pyrrole nitrogens is 1. The van der Waals surface area contributed by atoms with Gasteiger partial charge < -0.3 is 10.3 Å². The second-order valence-corrected chi connectivity index (χ2v) is 5.43. The zero-order valence-electron chi connectivity index (χ0n) is 12.7. The summed E-state index contributed by atoms with van der Waals surface area (Å²) in [7, 11) is 0. The number of aromatic nitrogens is 2. The number of rotatable bonds is 3. The minimum atomic E-state index is -4.41. The summed E-state index contributed by atoms with van der Waals surface area (Å²) in [4.78, 5) is 19.4. The fraction of sp³-hybridized carbons (Fsp3) is 0.176. The number of halogens is 3. The quantitative estimate of drug-likeness (QED) is 0.765. The van der Waals surface area contributed by atoms with Crippen molar-refractivity contribution in [1.82, 2.24) is 15.3 Å². The van der Waals surface area contributed by atoms with E-state index in [-0.39, 0.29) is 12.1 Å². The fourth-order valence-electron chi connectivity index (χ4n) is 2.39. The maximum absolute atomic E-state index is 12.5. The summed E-state index contributed by atoms with van der Waals surface area (Å²) >= 11 is 0. The molecule has 3 aromatic rings. The van der Waals surface area contributed by atoms with Crippen molar-refractivity contribution in [1.29, 1.82) is 0 Å². The first-order valence-electron chi connectivity index (χ1n) is 7.23. The first-order chi connectivity index (χ1) is 11.3. The molecule has 0 bridgehead atoms. The van der Waals surface area contributed by atoms with Crippen LogP contribution in [-0.2, 0) is 12.7 Å². The molecule has 124 valence electrons. The average Bonchev–Trinajstić information content (AvgIpc) is 2.91. The van der Waals surface area contributed by atoms with E-state index in [0.717, 1.165) is 34.6 Å². The SMILES string of the molecule is Cc1nc2ccc(CNC(=O)c3ccc(C(F)(F)F)cc3)cc2[nH]1. The number of nitrogens with zero attached hydrogens (tertiary/aromatic N) is 1. The Hall–Kier alpha value is -2.83. The minimum Gasteiger partial charge on any atom is -0.348 e. The van der Waals surface area contributed by atoms with Crippen molar-refractivity contribution in [2.45, 2.75) is 19.6 Å². The summed E-state index contributed by atoms with van der Waals surface area (Å²) in [5.74, 6) is 0.376. The van der Waals surface area contributed by atoms with Gasteiger partial charge in [-0.1, -0.05) is 6.07 Å². The third-order valence-electron chi connectivity index (χ3n) is 3.59. The number of benzene rings is 2. The molecule has 1 amide bonds. The Kier molecular flexibility index (Phi) is 4.01. The zero-order valence-corrected chi connectivity index (χ0v) is 12.7. The molecule has 2 aromatic carbocycles. The van der Waals surface area contributed by atoms with E-state index in [1.165, 1.54) is 12.1 Å². The topological polar surface area (TPSA) is 57.8 Å². The first kappa shape index (κ1) is 16.0. The Morgan fingerprint density at radius 3 is 2.54 bits per heavy atom. The number of amides is 1. The lowest BCUT2D eigenvalue weighted by Crippen LogP contribution is -2.22. The normalized spacial score (nSPS) is 11.7. The van der Waals surface area contributed by atoms with Crippen LogP contribution in [0.25, 0.3) is 11.0 Å². The van der Waals surface area contributed by atoms with Crippen molar-refractivity contribution >= 4 is 16.9 Å². The Morgan fingerprint density at radius 1 is 1.17 bits per heavy atom. The molecule has 2 N–H and O–H groups in total. The van der Waals surface area contributed by atoms with Gasteiger partial charge >= 0.3 is 6.18 Å². The molecule has 0 saturated heterocycles. The van der Waals surface area contributed by atoms with Crippen LogP contribution in [0.15, 0.2) is 42.5 Å². The van der Waals surface area contributed by atoms with Gasteiger partial charge in [0.15, 0.2) is 0 Å². The predicted octanol–water partition coefficient (Wildman–Crippen LogP) is 3.82. The molecular weight excluding hydrogens is 319 g/mol. The standard InChI is InChI=1S/C17H14F3N3O/c1-10-22-14-7-2-11(8-15(14)23-10)9-21-16(24)12-3-5-13(6-4-12)17(18,19)20/h2-8H,9H2,1H3,(H,21,24)(H,22,23). The number of nitrogens with one attached hydrogen (secondary N) is 2. The van der Waals surface area contributed by atoms with E-state index in [1.807, 2.05) is 25.1 Å². The van der Waals surface area contributed by atoms with Gasteiger partial charge in [0.1, 0.15) is 5.82 Å². The van der Waals surface area contributed by atoms with Gasteiger partial charge in [0.05, 0.1) is 16.6 Å². The third-order valence-corrected chi connectivity index (χ3v) is 3.59. The number of fused-ring (bicyclic) bond motifs is 1. The summed E-state index contributed by atoms with van der Waals surface area (Å²) in [6.45, 7) is 2.12. The molecule has 0 fully saturated rings. The summed E-state index contributed by atoms with van der Waals surface area (Å²) in [5.41, 5.74) is 1.98. The van der Waals surface area contributed by atoms with Crippen molar-refractivity contribution in [3.05, 3.63) is 65.0 Å². The van der Waals surface area contributed by atoms with Crippen LogP contribution in [-0.4, -0.2) is 15.9 Å². The molecule has 0 saturated carbocycles. The van der Waals surface area contributed by atoms with Crippen molar-refractivity contribution in [2.75, 3.05) is 0 Å². The van der Waals surface area contributed by atoms with Gasteiger partial charge in [-0.05, 0) is 48.9 Å². The number of carbonyl (C=O) groups is 1. The van der Waals surface area contributed by atoms with Gasteiger partial charge in [-0.25, -0.2) is 4.98 Å². The van der Waals surface area contributed by atoms with E-state index in [9.17, 15) is 18.0 Å². The number of aryl methyl sites for hydroxylation is 1. The van der Waals surface area contributed by atoms with E-state index in [1.54, 1.807) is 0 Å². The molecule has 0 aliphatic heterocycles. The lowest BCUT2D eigenvalue weighted by atomic mass is 10.1. The van der Waals surface area contributed by atoms with E-state index in [0.29, 0.717) is 0 Å². The third kappa shape index (κ3) is 3.40. The van der Waals surface area contributed by atoms with Crippen LogP contribution in [0.5, 0.6) is 0 Å². The molecule has 3 rings (SSSR count). The van der Waals surface area contributed by atoms with Gasteiger partial charge in [-0.2, -0.15) is 13.2 Å². The van der Waals surface area contributed by atoms with E-state index < -0.39 is 17.6 Å². The summed E-state index contributed by atoms with van der Waals surface area (Å²) in [5, 5.41) is 2.69. The molecule has 0 aliphatic carbocycles. The largest absolute Gasteiger partial charge is 0.416 e. The van der Waals surface area contributed by atoms with Crippen LogP contribution >= 0.6 is 0 Å². The van der Waals surface area contributed by atoms with Crippen LogP contribution in [0, 0.1) is 6.92 Å². The number of aromatic amines is 1. The zero-order chi connectivity index (χ0) is 17.3. The summed E-state index contributed by atoms with van der Waals surface area (Å²) in [6.07, 6.45) is -4.41. The maximum Gasteiger partial charge on any atom is 0.416 e. The molecule has 1 aromatic heterocycles. The Morgan fingerprint density at radius 2 is 1.88 bits per heavy atom. The summed E-state index contributed by atoms with van der Waals surface area (Å²) in [6, 6.07) is 9.69. The molecule has 0 unspecified atom stereocenters. The van der Waals surface area contributed by atoms with Crippen molar-refractivity contribution in [3.63, 3.8) is 0 Å². The van der Waals surface area contributed by atoms with Crippen LogP contribution in [0.2, 0.25) is 0 Å². The smallest absolute Gasteiger partial charge is 0.348 e. The number of carbonyl (C=O) groups excluding carboxylic acids is 1. The maximum atomic E-state index is 12.5. The highest BCUT2D eigenvalue weighted by molar-refractivity contribution is 5.94. The predicted molar refractivity (Wildman–Crippen MR) is 83.4 cm³/mol. The Labute approximate surface area is 135 Å². The Bertz CT molecular complexity index is 882. The molecule has 1 heterocycles. The molecule has 0 radical (unpaired) electrons. The van der Waals surface area contributed by atoms with Crippen molar-refractivity contribution in [2.24, 2.45) is 0 Å². The van der Waals surface area contributed by atoms with Crippen molar-refractivity contribution < 1.29 is 18.0 Å². The minimum absolute atomic E-state index is 0.182. The number of hydrogen-bond donors (Lipinski definition) is 2. The first-order valence-corrected chi connectivity index (χ1v) is 7.23. The van der Waals surface area contributed by atoms with Crippen molar-refractivity contribution in [3.8, 4) is 0 Å². The summed E-state index contributed by atoms with van der Waals surface area (Å²) < 4.78 is 37.5. The molecule has 24 heavy (non-hydrogen) atoms. The highest BCUT2D eigenvalue weighted by atomic mass is 19.4. The number of alkyl halides is 3. The molecule has 4 nitrogen and oxygen atoms in total. The lowest BCUT2D eigenvalue weighted by molar-refractivity contribution is -0.137. The highest BCUT2D eigenvalue weighted by Crippen LogP contribution is 2.29. The monoisotopic (exact) mass is 333 g/mol. The van der Waals surface area contributed by atoms with Crippen LogP contribution in [0.4, 0.5) is 13.2 Å². The molecule has 0 aliphatic rings. The molecule has 0 spiro atoms. The highest BCUT2D eigenvalue weighted by Gasteiger charge is 2.30. The second-order valence-electron chi connectivity index (χ2n) is 5.43. The fourth-order valence-corrected chi connectivity index (χ4v) is 2.39. The Balaban J connectivity index is 1.67. The lowest BCUT2D eigenvalue weighted by Gasteiger charge is -2.08. The van der Waals surface area contributed by atoms with Gasteiger partial charge in [-0.15, -0.1) is 0 Å². The molecular formula is C17H14F3N3O.